The maximum Gasteiger partial charge on any atom is 0.252 e. The Morgan fingerprint density at radius 1 is 1.13 bits per heavy atom. The number of thiazole rings is 1. The van der Waals surface area contributed by atoms with Crippen LogP contribution in [0.5, 0.6) is 5.75 Å². The van der Waals surface area contributed by atoms with Gasteiger partial charge in [-0.05, 0) is 42.9 Å². The second-order valence-corrected chi connectivity index (χ2v) is 8.09. The summed E-state index contributed by atoms with van der Waals surface area (Å²) < 4.78 is 6.42. The highest BCUT2D eigenvalue weighted by atomic mass is 35.5. The lowest BCUT2D eigenvalue weighted by atomic mass is 10.2. The van der Waals surface area contributed by atoms with E-state index in [9.17, 15) is 4.79 Å². The third kappa shape index (κ3) is 5.19. The van der Waals surface area contributed by atoms with Crippen molar-refractivity contribution in [3.63, 3.8) is 0 Å². The van der Waals surface area contributed by atoms with Gasteiger partial charge < -0.3 is 9.64 Å². The Kier molecular flexibility index (Phi) is 7.85. The predicted molar refractivity (Wildman–Crippen MR) is 127 cm³/mol. The molecule has 30 heavy (non-hydrogen) atoms. The van der Waals surface area contributed by atoms with Gasteiger partial charge in [0.05, 0.1) is 11.8 Å². The van der Waals surface area contributed by atoms with Crippen molar-refractivity contribution >= 4 is 50.3 Å². The molecule has 7 heteroatoms. The smallest absolute Gasteiger partial charge is 0.252 e. The number of para-hydroxylation sites is 1. The molecule has 3 rings (SSSR count). The summed E-state index contributed by atoms with van der Waals surface area (Å²) in [4.78, 5) is 21.9. The van der Waals surface area contributed by atoms with Crippen molar-refractivity contribution in [2.24, 2.45) is 0 Å². The summed E-state index contributed by atoms with van der Waals surface area (Å²) >= 11 is 7.71. The van der Waals surface area contributed by atoms with Crippen molar-refractivity contribution in [2.75, 3.05) is 38.2 Å². The summed E-state index contributed by atoms with van der Waals surface area (Å²) in [5, 5.41) is 1.27. The maximum absolute atomic E-state index is 13.2. The summed E-state index contributed by atoms with van der Waals surface area (Å²) in [6.07, 6.45) is 3.32. The van der Waals surface area contributed by atoms with Crippen LogP contribution in [0.3, 0.4) is 0 Å². The zero-order chi connectivity index (χ0) is 21.5. The van der Waals surface area contributed by atoms with Gasteiger partial charge in [-0.3, -0.25) is 9.69 Å². The molecule has 1 amide bonds. The van der Waals surface area contributed by atoms with Crippen LogP contribution in [-0.4, -0.2) is 49.1 Å². The quantitative estimate of drug-likeness (QED) is 0.418. The predicted octanol–water partition coefficient (Wildman–Crippen LogP) is 5.35. The first-order valence-electron chi connectivity index (χ1n) is 9.97. The number of likely N-dealkylation sites (N-methyl/N-ethyl adjacent to an activating group) is 1. The number of anilines is 1. The summed E-state index contributed by atoms with van der Waals surface area (Å²) in [6.45, 7) is 7.43. The van der Waals surface area contributed by atoms with Crippen LogP contribution in [0, 0.1) is 0 Å². The van der Waals surface area contributed by atoms with Crippen LogP contribution in [0.25, 0.3) is 16.3 Å². The number of carbonyl (C=O) groups is 1. The van der Waals surface area contributed by atoms with Crippen molar-refractivity contribution < 1.29 is 9.53 Å². The minimum atomic E-state index is -0.125. The number of ether oxygens (including phenoxy) is 1. The first-order valence-corrected chi connectivity index (χ1v) is 11.2. The summed E-state index contributed by atoms with van der Waals surface area (Å²) in [6, 6.07) is 13.3. The SMILES string of the molecule is CCN(CC)CCN(C(=O)/C=C/c1ccccc1Cl)c1nc2c(OC)cccc2s1. The Morgan fingerprint density at radius 3 is 2.60 bits per heavy atom. The molecule has 0 saturated heterocycles. The van der Waals surface area contributed by atoms with E-state index in [0.29, 0.717) is 22.4 Å². The molecule has 1 heterocycles. The molecule has 158 valence electrons. The van der Waals surface area contributed by atoms with Crippen molar-refractivity contribution in [1.82, 2.24) is 9.88 Å². The number of fused-ring (bicyclic) bond motifs is 1. The monoisotopic (exact) mass is 443 g/mol. The van der Waals surface area contributed by atoms with Crippen molar-refractivity contribution in [1.29, 1.82) is 0 Å². The van der Waals surface area contributed by atoms with Crippen LogP contribution in [0.15, 0.2) is 48.5 Å². The third-order valence-electron chi connectivity index (χ3n) is 4.93. The van der Waals surface area contributed by atoms with Crippen LogP contribution in [-0.2, 0) is 4.79 Å². The van der Waals surface area contributed by atoms with Gasteiger partial charge in [-0.1, -0.05) is 61.1 Å². The summed E-state index contributed by atoms with van der Waals surface area (Å²) in [5.41, 5.74) is 1.58. The molecule has 0 N–H and O–H groups in total. The molecule has 0 saturated carbocycles. The number of amides is 1. The first kappa shape index (κ1) is 22.3. The highest BCUT2D eigenvalue weighted by molar-refractivity contribution is 7.22. The topological polar surface area (TPSA) is 45.7 Å². The largest absolute Gasteiger partial charge is 0.494 e. The Bertz CT molecular complexity index is 1030. The van der Waals surface area contributed by atoms with Crippen LogP contribution in [0.1, 0.15) is 19.4 Å². The van der Waals surface area contributed by atoms with Crippen LogP contribution in [0.2, 0.25) is 5.02 Å². The molecular weight excluding hydrogens is 418 g/mol. The molecule has 0 fully saturated rings. The number of halogens is 1. The fraction of sp³-hybridized carbons (Fsp3) is 0.304. The molecule has 0 unspecified atom stereocenters. The van der Waals surface area contributed by atoms with Crippen molar-refractivity contribution in [3.05, 3.63) is 59.1 Å². The minimum absolute atomic E-state index is 0.125. The molecule has 0 bridgehead atoms. The second-order valence-electron chi connectivity index (χ2n) is 6.68. The molecule has 0 aliphatic carbocycles. The number of rotatable bonds is 9. The van der Waals surface area contributed by atoms with E-state index in [0.717, 1.165) is 35.4 Å². The molecule has 0 atom stereocenters. The van der Waals surface area contributed by atoms with Gasteiger partial charge in [0.2, 0.25) is 0 Å². The molecule has 2 aromatic carbocycles. The average molecular weight is 444 g/mol. The first-order chi connectivity index (χ1) is 14.6. The zero-order valence-corrected chi connectivity index (χ0v) is 19.0. The lowest BCUT2D eigenvalue weighted by Crippen LogP contribution is -2.38. The Labute approximate surface area is 186 Å². The van der Waals surface area contributed by atoms with E-state index in [1.807, 2.05) is 42.5 Å². The van der Waals surface area contributed by atoms with Gasteiger partial charge in [0.1, 0.15) is 11.3 Å². The van der Waals surface area contributed by atoms with Gasteiger partial charge >= 0.3 is 0 Å². The van der Waals surface area contributed by atoms with Gasteiger partial charge in [-0.15, -0.1) is 0 Å². The highest BCUT2D eigenvalue weighted by Crippen LogP contribution is 2.34. The molecule has 3 aromatic rings. The number of methoxy groups -OCH3 is 1. The Hall–Kier alpha value is -2.41. The Morgan fingerprint density at radius 2 is 1.90 bits per heavy atom. The number of carbonyl (C=O) groups excluding carboxylic acids is 1. The molecule has 0 radical (unpaired) electrons. The van der Waals surface area contributed by atoms with Gasteiger partial charge in [0, 0.05) is 24.2 Å². The van der Waals surface area contributed by atoms with E-state index in [1.54, 1.807) is 24.2 Å². The number of nitrogens with zero attached hydrogens (tertiary/aromatic N) is 3. The van der Waals surface area contributed by atoms with E-state index in [4.69, 9.17) is 21.3 Å². The number of hydrogen-bond donors (Lipinski definition) is 0. The van der Waals surface area contributed by atoms with E-state index in [-0.39, 0.29) is 5.91 Å². The maximum atomic E-state index is 13.2. The molecular formula is C23H26ClN3O2S. The highest BCUT2D eigenvalue weighted by Gasteiger charge is 2.20. The lowest BCUT2D eigenvalue weighted by molar-refractivity contribution is -0.114. The van der Waals surface area contributed by atoms with E-state index >= 15 is 0 Å². The fourth-order valence-corrected chi connectivity index (χ4v) is 4.35. The molecule has 0 aliphatic heterocycles. The van der Waals surface area contributed by atoms with E-state index in [1.165, 1.54) is 11.3 Å². The minimum Gasteiger partial charge on any atom is -0.494 e. The van der Waals surface area contributed by atoms with Gasteiger partial charge in [-0.2, -0.15) is 0 Å². The van der Waals surface area contributed by atoms with Crippen LogP contribution < -0.4 is 9.64 Å². The normalized spacial score (nSPS) is 11.5. The standard InChI is InChI=1S/C23H26ClN3O2S/c1-4-26(5-2)15-16-27(21(28)14-13-17-9-6-7-10-18(17)24)23-25-22-19(29-3)11-8-12-20(22)30-23/h6-14H,4-5,15-16H2,1-3H3/b14-13+. The fourth-order valence-electron chi connectivity index (χ4n) is 3.13. The number of benzene rings is 2. The van der Waals surface area contributed by atoms with Gasteiger partial charge in [-0.25, -0.2) is 4.98 Å². The van der Waals surface area contributed by atoms with Crippen LogP contribution >= 0.6 is 22.9 Å². The molecule has 5 nitrogen and oxygen atoms in total. The van der Waals surface area contributed by atoms with Crippen molar-refractivity contribution in [3.8, 4) is 5.75 Å². The molecule has 0 spiro atoms. The summed E-state index contributed by atoms with van der Waals surface area (Å²) in [5.74, 6) is 0.581. The van der Waals surface area contributed by atoms with E-state index in [2.05, 4.69) is 18.7 Å². The summed E-state index contributed by atoms with van der Waals surface area (Å²) in [7, 11) is 1.63. The third-order valence-corrected chi connectivity index (χ3v) is 6.32. The van der Waals surface area contributed by atoms with Gasteiger partial charge in [0.25, 0.3) is 5.91 Å². The lowest BCUT2D eigenvalue weighted by Gasteiger charge is -2.23. The van der Waals surface area contributed by atoms with Gasteiger partial charge in [0.15, 0.2) is 5.13 Å². The molecule has 1 aromatic heterocycles. The number of hydrogen-bond acceptors (Lipinski definition) is 5. The number of aromatic nitrogens is 1. The van der Waals surface area contributed by atoms with Crippen molar-refractivity contribution in [2.45, 2.75) is 13.8 Å². The Balaban J connectivity index is 1.92. The molecule has 0 aliphatic rings. The van der Waals surface area contributed by atoms with E-state index < -0.39 is 0 Å². The second kappa shape index (κ2) is 10.6. The van der Waals surface area contributed by atoms with Crippen LogP contribution in [0.4, 0.5) is 5.13 Å². The zero-order valence-electron chi connectivity index (χ0n) is 17.5. The average Bonchev–Trinajstić information content (AvgIpc) is 3.20.